The fourth-order valence-electron chi connectivity index (χ4n) is 2.06. The van der Waals surface area contributed by atoms with Gasteiger partial charge in [0.25, 0.3) is 0 Å². The van der Waals surface area contributed by atoms with E-state index in [0.717, 1.165) is 42.4 Å². The zero-order chi connectivity index (χ0) is 14.5. The van der Waals surface area contributed by atoms with Gasteiger partial charge in [0.05, 0.1) is 6.20 Å². The van der Waals surface area contributed by atoms with E-state index in [1.54, 1.807) is 0 Å². The van der Waals surface area contributed by atoms with Gasteiger partial charge >= 0.3 is 0 Å². The molecule has 6 heteroatoms. The molecular formula is C14H22N6. The topological polar surface area (TPSA) is 67.7 Å². The van der Waals surface area contributed by atoms with Crippen LogP contribution in [-0.4, -0.2) is 33.3 Å². The SMILES string of the molecule is CCc1nc(NC)c(C)c(NCCc2cnn(C)c2)n1. The van der Waals surface area contributed by atoms with E-state index in [1.807, 2.05) is 38.1 Å². The molecule has 0 saturated carbocycles. The van der Waals surface area contributed by atoms with Crippen molar-refractivity contribution < 1.29 is 0 Å². The summed E-state index contributed by atoms with van der Waals surface area (Å²) in [6.07, 6.45) is 5.68. The van der Waals surface area contributed by atoms with Gasteiger partial charge in [-0.2, -0.15) is 5.10 Å². The van der Waals surface area contributed by atoms with Crippen LogP contribution in [0.3, 0.4) is 0 Å². The van der Waals surface area contributed by atoms with Gasteiger partial charge < -0.3 is 10.6 Å². The molecule has 0 unspecified atom stereocenters. The number of rotatable bonds is 6. The number of anilines is 2. The van der Waals surface area contributed by atoms with Crippen LogP contribution in [0.25, 0.3) is 0 Å². The molecule has 0 spiro atoms. The molecule has 6 nitrogen and oxygen atoms in total. The van der Waals surface area contributed by atoms with Crippen molar-refractivity contribution in [2.75, 3.05) is 24.2 Å². The van der Waals surface area contributed by atoms with E-state index in [2.05, 4.69) is 32.6 Å². The maximum atomic E-state index is 4.55. The molecule has 0 bridgehead atoms. The average molecular weight is 274 g/mol. The minimum absolute atomic E-state index is 0.826. The standard InChI is InChI=1S/C14H22N6/c1-5-12-18-13(15-3)10(2)14(19-12)16-7-6-11-8-17-20(4)9-11/h8-9H,5-7H2,1-4H3,(H2,15,16,18,19). The molecule has 2 aromatic heterocycles. The van der Waals surface area contributed by atoms with Crippen molar-refractivity contribution in [3.63, 3.8) is 0 Å². The summed E-state index contributed by atoms with van der Waals surface area (Å²) in [4.78, 5) is 9.02. The van der Waals surface area contributed by atoms with E-state index in [4.69, 9.17) is 0 Å². The maximum absolute atomic E-state index is 4.55. The van der Waals surface area contributed by atoms with Crippen molar-refractivity contribution >= 4 is 11.6 Å². The van der Waals surface area contributed by atoms with Gasteiger partial charge in [-0.05, 0) is 18.9 Å². The first kappa shape index (κ1) is 14.3. The van der Waals surface area contributed by atoms with E-state index in [0.29, 0.717) is 0 Å². The van der Waals surface area contributed by atoms with Crippen molar-refractivity contribution in [1.82, 2.24) is 19.7 Å². The van der Waals surface area contributed by atoms with Crippen LogP contribution in [0.5, 0.6) is 0 Å². The number of nitrogens with one attached hydrogen (secondary N) is 2. The third kappa shape index (κ3) is 3.26. The predicted octanol–water partition coefficient (Wildman–Crippen LogP) is 1.78. The molecular weight excluding hydrogens is 252 g/mol. The Bertz CT molecular complexity index is 575. The Morgan fingerprint density at radius 1 is 1.25 bits per heavy atom. The zero-order valence-electron chi connectivity index (χ0n) is 12.6. The summed E-state index contributed by atoms with van der Waals surface area (Å²) in [5.41, 5.74) is 2.27. The predicted molar refractivity (Wildman–Crippen MR) is 81.1 cm³/mol. The molecule has 2 aromatic rings. The highest BCUT2D eigenvalue weighted by molar-refractivity contribution is 5.57. The minimum atomic E-state index is 0.826. The Balaban J connectivity index is 2.04. The van der Waals surface area contributed by atoms with Gasteiger partial charge in [-0.3, -0.25) is 4.68 Å². The molecule has 20 heavy (non-hydrogen) atoms. The summed E-state index contributed by atoms with van der Waals surface area (Å²) in [6, 6.07) is 0. The number of aryl methyl sites for hydroxylation is 2. The normalized spacial score (nSPS) is 10.6. The summed E-state index contributed by atoms with van der Waals surface area (Å²) in [5, 5.41) is 10.7. The fourth-order valence-corrected chi connectivity index (χ4v) is 2.06. The summed E-state index contributed by atoms with van der Waals surface area (Å²) >= 11 is 0. The van der Waals surface area contributed by atoms with Crippen molar-refractivity contribution in [1.29, 1.82) is 0 Å². The summed E-state index contributed by atoms with van der Waals surface area (Å²) < 4.78 is 1.82. The van der Waals surface area contributed by atoms with Gasteiger partial charge in [-0.1, -0.05) is 6.92 Å². The Morgan fingerprint density at radius 3 is 2.60 bits per heavy atom. The maximum Gasteiger partial charge on any atom is 0.134 e. The second-order valence-corrected chi connectivity index (χ2v) is 4.76. The minimum Gasteiger partial charge on any atom is -0.373 e. The zero-order valence-corrected chi connectivity index (χ0v) is 12.6. The molecule has 0 aliphatic carbocycles. The summed E-state index contributed by atoms with van der Waals surface area (Å²) in [5.74, 6) is 2.65. The molecule has 2 N–H and O–H groups in total. The molecule has 0 fully saturated rings. The van der Waals surface area contributed by atoms with Crippen LogP contribution in [0.15, 0.2) is 12.4 Å². The van der Waals surface area contributed by atoms with Crippen molar-refractivity contribution in [3.8, 4) is 0 Å². The lowest BCUT2D eigenvalue weighted by Crippen LogP contribution is -2.11. The molecule has 0 atom stereocenters. The molecule has 0 aromatic carbocycles. The van der Waals surface area contributed by atoms with E-state index in [-0.39, 0.29) is 0 Å². The Hall–Kier alpha value is -2.11. The third-order valence-electron chi connectivity index (χ3n) is 3.21. The van der Waals surface area contributed by atoms with Gasteiger partial charge in [0.15, 0.2) is 0 Å². The Labute approximate surface area is 119 Å². The highest BCUT2D eigenvalue weighted by Gasteiger charge is 2.08. The smallest absolute Gasteiger partial charge is 0.134 e. The van der Waals surface area contributed by atoms with Gasteiger partial charge in [0.2, 0.25) is 0 Å². The molecule has 0 saturated heterocycles. The molecule has 0 radical (unpaired) electrons. The van der Waals surface area contributed by atoms with E-state index in [9.17, 15) is 0 Å². The monoisotopic (exact) mass is 274 g/mol. The first-order chi connectivity index (χ1) is 9.63. The lowest BCUT2D eigenvalue weighted by Gasteiger charge is -2.13. The quantitative estimate of drug-likeness (QED) is 0.840. The second kappa shape index (κ2) is 6.36. The van der Waals surface area contributed by atoms with Crippen molar-refractivity contribution in [3.05, 3.63) is 29.3 Å². The molecule has 0 amide bonds. The lowest BCUT2D eigenvalue weighted by molar-refractivity contribution is 0.766. The highest BCUT2D eigenvalue weighted by atomic mass is 15.2. The number of nitrogens with zero attached hydrogens (tertiary/aromatic N) is 4. The van der Waals surface area contributed by atoms with Crippen LogP contribution in [-0.2, 0) is 19.9 Å². The molecule has 0 aliphatic heterocycles. The largest absolute Gasteiger partial charge is 0.373 e. The molecule has 2 rings (SSSR count). The van der Waals surface area contributed by atoms with Gasteiger partial charge in [0, 0.05) is 38.8 Å². The number of hydrogen-bond acceptors (Lipinski definition) is 5. The van der Waals surface area contributed by atoms with Crippen molar-refractivity contribution in [2.45, 2.75) is 26.7 Å². The third-order valence-corrected chi connectivity index (χ3v) is 3.21. The summed E-state index contributed by atoms with van der Waals surface area (Å²) in [6.45, 7) is 4.91. The van der Waals surface area contributed by atoms with Crippen LogP contribution in [0.1, 0.15) is 23.9 Å². The van der Waals surface area contributed by atoms with Crippen LogP contribution < -0.4 is 10.6 Å². The van der Waals surface area contributed by atoms with E-state index < -0.39 is 0 Å². The molecule has 108 valence electrons. The van der Waals surface area contributed by atoms with Crippen molar-refractivity contribution in [2.24, 2.45) is 7.05 Å². The van der Waals surface area contributed by atoms with Crippen LogP contribution >= 0.6 is 0 Å². The Morgan fingerprint density at radius 2 is 2.00 bits per heavy atom. The first-order valence-corrected chi connectivity index (χ1v) is 6.90. The van der Waals surface area contributed by atoms with E-state index >= 15 is 0 Å². The molecule has 2 heterocycles. The van der Waals surface area contributed by atoms with Gasteiger partial charge in [-0.15, -0.1) is 0 Å². The molecule has 0 aliphatic rings. The van der Waals surface area contributed by atoms with Crippen LogP contribution in [0.4, 0.5) is 11.6 Å². The fraction of sp³-hybridized carbons (Fsp3) is 0.500. The van der Waals surface area contributed by atoms with E-state index in [1.165, 1.54) is 5.56 Å². The second-order valence-electron chi connectivity index (χ2n) is 4.76. The number of aromatic nitrogens is 4. The van der Waals surface area contributed by atoms with Gasteiger partial charge in [-0.25, -0.2) is 9.97 Å². The first-order valence-electron chi connectivity index (χ1n) is 6.90. The van der Waals surface area contributed by atoms with Gasteiger partial charge in [0.1, 0.15) is 17.5 Å². The average Bonchev–Trinajstić information content (AvgIpc) is 2.86. The van der Waals surface area contributed by atoms with Crippen LogP contribution in [0.2, 0.25) is 0 Å². The van der Waals surface area contributed by atoms with Crippen LogP contribution in [0, 0.1) is 6.92 Å². The lowest BCUT2D eigenvalue weighted by atomic mass is 10.2. The Kier molecular flexibility index (Phi) is 4.55. The number of hydrogen-bond donors (Lipinski definition) is 2. The summed E-state index contributed by atoms with van der Waals surface area (Å²) in [7, 11) is 3.81. The highest BCUT2D eigenvalue weighted by Crippen LogP contribution is 2.19.